The van der Waals surface area contributed by atoms with Gasteiger partial charge >= 0.3 is 5.69 Å². The predicted molar refractivity (Wildman–Crippen MR) is 90.9 cm³/mol. The summed E-state index contributed by atoms with van der Waals surface area (Å²) in [5, 5.41) is 3.73. The molecule has 0 aliphatic carbocycles. The van der Waals surface area contributed by atoms with Gasteiger partial charge in [-0.2, -0.15) is 4.98 Å². The van der Waals surface area contributed by atoms with Crippen LogP contribution in [0.3, 0.4) is 0 Å². The van der Waals surface area contributed by atoms with Crippen LogP contribution in [0.15, 0.2) is 35.3 Å². The molecule has 0 bridgehead atoms. The number of aromatic nitrogens is 4. The largest absolute Gasteiger partial charge is 0.354 e. The second kappa shape index (κ2) is 6.80. The third-order valence-electron chi connectivity index (χ3n) is 3.40. The number of nitrogens with two attached hydrogens (primary N) is 1. The molecule has 7 nitrogen and oxygen atoms in total. The molecule has 2 heterocycles. The Hall–Kier alpha value is -2.38. The van der Waals surface area contributed by atoms with Crippen molar-refractivity contribution in [2.24, 2.45) is 5.73 Å². The highest BCUT2D eigenvalue weighted by molar-refractivity contribution is 6.30. The van der Waals surface area contributed by atoms with Crippen molar-refractivity contribution < 1.29 is 0 Å². The summed E-state index contributed by atoms with van der Waals surface area (Å²) in [5.74, 6) is 0.477. The number of hydrogen-bond acceptors (Lipinski definition) is 5. The zero-order chi connectivity index (χ0) is 16.2. The van der Waals surface area contributed by atoms with E-state index in [1.54, 1.807) is 16.8 Å². The first-order valence-electron chi connectivity index (χ1n) is 7.31. The maximum atomic E-state index is 12.2. The number of anilines is 1. The number of imidazole rings is 1. The van der Waals surface area contributed by atoms with Crippen molar-refractivity contribution in [2.75, 3.05) is 18.4 Å². The van der Waals surface area contributed by atoms with E-state index in [1.165, 1.54) is 0 Å². The summed E-state index contributed by atoms with van der Waals surface area (Å²) in [5.41, 5.74) is 7.32. The summed E-state index contributed by atoms with van der Waals surface area (Å²) in [6, 6.07) is 7.39. The van der Waals surface area contributed by atoms with E-state index in [2.05, 4.69) is 20.3 Å². The first-order valence-corrected chi connectivity index (χ1v) is 7.69. The van der Waals surface area contributed by atoms with E-state index in [9.17, 15) is 4.79 Å². The van der Waals surface area contributed by atoms with Crippen LogP contribution in [0.2, 0.25) is 5.02 Å². The van der Waals surface area contributed by atoms with Gasteiger partial charge in [0.2, 0.25) is 5.95 Å². The summed E-state index contributed by atoms with van der Waals surface area (Å²) < 4.78 is 1.57. The summed E-state index contributed by atoms with van der Waals surface area (Å²) >= 11 is 6.00. The Bertz CT molecular complexity index is 872. The van der Waals surface area contributed by atoms with Crippen LogP contribution in [-0.2, 0) is 6.54 Å². The molecule has 0 aliphatic heterocycles. The fourth-order valence-corrected chi connectivity index (χ4v) is 2.51. The third kappa shape index (κ3) is 3.52. The number of benzene rings is 1. The van der Waals surface area contributed by atoms with Crippen molar-refractivity contribution >= 4 is 28.7 Å². The molecule has 3 aromatic rings. The van der Waals surface area contributed by atoms with Crippen molar-refractivity contribution in [3.63, 3.8) is 0 Å². The van der Waals surface area contributed by atoms with Gasteiger partial charge < -0.3 is 16.0 Å². The number of halogens is 1. The first kappa shape index (κ1) is 15.5. The molecule has 1 aromatic carbocycles. The molecular weight excluding hydrogens is 316 g/mol. The van der Waals surface area contributed by atoms with Crippen molar-refractivity contribution in [1.82, 2.24) is 19.5 Å². The Balaban J connectivity index is 1.93. The van der Waals surface area contributed by atoms with Crippen LogP contribution in [0.25, 0.3) is 11.2 Å². The molecule has 0 saturated heterocycles. The molecule has 0 fully saturated rings. The lowest BCUT2D eigenvalue weighted by molar-refractivity contribution is 0.777. The fourth-order valence-electron chi connectivity index (χ4n) is 2.30. The van der Waals surface area contributed by atoms with Crippen molar-refractivity contribution in [2.45, 2.75) is 13.0 Å². The molecule has 0 unspecified atom stereocenters. The Morgan fingerprint density at radius 3 is 3.04 bits per heavy atom. The number of rotatable bonds is 6. The smallest absolute Gasteiger partial charge is 0.328 e. The minimum absolute atomic E-state index is 0.228. The highest BCUT2D eigenvalue weighted by Gasteiger charge is 2.10. The number of nitrogens with one attached hydrogen (secondary N) is 2. The van der Waals surface area contributed by atoms with Gasteiger partial charge in [0.05, 0.1) is 12.7 Å². The predicted octanol–water partition coefficient (Wildman–Crippen LogP) is 1.58. The van der Waals surface area contributed by atoms with Gasteiger partial charge in [-0.1, -0.05) is 23.7 Å². The number of hydrogen-bond donors (Lipinski definition) is 3. The molecule has 0 spiro atoms. The Morgan fingerprint density at radius 1 is 1.39 bits per heavy atom. The fraction of sp³-hybridized carbons (Fsp3) is 0.267. The van der Waals surface area contributed by atoms with Crippen LogP contribution in [0.4, 0.5) is 5.95 Å². The zero-order valence-electron chi connectivity index (χ0n) is 12.4. The van der Waals surface area contributed by atoms with Gasteiger partial charge in [-0.15, -0.1) is 0 Å². The minimum Gasteiger partial charge on any atom is -0.354 e. The monoisotopic (exact) mass is 332 g/mol. The number of nitrogens with zero attached hydrogens (tertiary/aromatic N) is 3. The van der Waals surface area contributed by atoms with Crippen molar-refractivity contribution in [1.29, 1.82) is 0 Å². The summed E-state index contributed by atoms with van der Waals surface area (Å²) in [6.45, 7) is 1.67. The molecule has 0 saturated carbocycles. The average Bonchev–Trinajstić information content (AvgIpc) is 2.83. The Morgan fingerprint density at radius 2 is 2.26 bits per heavy atom. The molecule has 0 atom stereocenters. The quantitative estimate of drug-likeness (QED) is 0.595. The second-order valence-corrected chi connectivity index (χ2v) is 5.58. The summed E-state index contributed by atoms with van der Waals surface area (Å²) in [6.07, 6.45) is 2.42. The normalized spacial score (nSPS) is 11.0. The summed E-state index contributed by atoms with van der Waals surface area (Å²) in [4.78, 5) is 23.5. The first-order chi connectivity index (χ1) is 11.2. The molecule has 120 valence electrons. The highest BCUT2D eigenvalue weighted by atomic mass is 35.5. The molecule has 8 heteroatoms. The molecule has 23 heavy (non-hydrogen) atoms. The van der Waals surface area contributed by atoms with Crippen LogP contribution in [0, 0.1) is 0 Å². The van der Waals surface area contributed by atoms with E-state index >= 15 is 0 Å². The lowest BCUT2D eigenvalue weighted by atomic mass is 10.2. The second-order valence-electron chi connectivity index (χ2n) is 5.15. The van der Waals surface area contributed by atoms with Gasteiger partial charge in [-0.3, -0.25) is 4.57 Å². The van der Waals surface area contributed by atoms with Gasteiger partial charge in [0.15, 0.2) is 5.65 Å². The lowest BCUT2D eigenvalue weighted by Gasteiger charge is -2.06. The molecule has 2 aromatic heterocycles. The minimum atomic E-state index is -0.228. The number of fused-ring (bicyclic) bond motifs is 1. The van der Waals surface area contributed by atoms with E-state index in [0.29, 0.717) is 41.8 Å². The maximum Gasteiger partial charge on any atom is 0.328 e. The Labute approximate surface area is 137 Å². The number of H-pyrrole nitrogens is 1. The molecule has 0 amide bonds. The lowest BCUT2D eigenvalue weighted by Crippen LogP contribution is -2.18. The zero-order valence-corrected chi connectivity index (χ0v) is 13.2. The van der Waals surface area contributed by atoms with Gasteiger partial charge in [-0.25, -0.2) is 9.78 Å². The highest BCUT2D eigenvalue weighted by Crippen LogP contribution is 2.14. The summed E-state index contributed by atoms with van der Waals surface area (Å²) in [7, 11) is 0. The van der Waals surface area contributed by atoms with E-state index in [1.807, 2.05) is 18.2 Å². The topological polar surface area (TPSA) is 102 Å². The number of aromatic amines is 1. The van der Waals surface area contributed by atoms with E-state index in [4.69, 9.17) is 17.3 Å². The van der Waals surface area contributed by atoms with Crippen LogP contribution in [0.1, 0.15) is 12.0 Å². The van der Waals surface area contributed by atoms with Crippen molar-refractivity contribution in [3.8, 4) is 0 Å². The van der Waals surface area contributed by atoms with E-state index in [-0.39, 0.29) is 5.69 Å². The van der Waals surface area contributed by atoms with Gasteiger partial charge in [0.25, 0.3) is 0 Å². The van der Waals surface area contributed by atoms with Crippen LogP contribution in [0.5, 0.6) is 0 Å². The standard InChI is InChI=1S/C15H17ClN6O/c16-11-4-1-3-10(7-11)9-22-13-12(20-15(22)23)8-19-14(21-13)18-6-2-5-17/h1,3-4,7-8H,2,5-6,9,17H2,(H,20,23)(H,18,19,21). The molecule has 0 radical (unpaired) electrons. The van der Waals surface area contributed by atoms with Gasteiger partial charge in [0, 0.05) is 11.6 Å². The average molecular weight is 333 g/mol. The SMILES string of the molecule is NCCCNc1ncc2[nH]c(=O)n(Cc3cccc(Cl)c3)c2n1. The molecule has 0 aliphatic rings. The van der Waals surface area contributed by atoms with E-state index in [0.717, 1.165) is 12.0 Å². The van der Waals surface area contributed by atoms with E-state index < -0.39 is 0 Å². The molecular formula is C15H17ClN6O. The van der Waals surface area contributed by atoms with Gasteiger partial charge in [-0.05, 0) is 30.7 Å². The maximum absolute atomic E-state index is 12.2. The third-order valence-corrected chi connectivity index (χ3v) is 3.64. The van der Waals surface area contributed by atoms with Gasteiger partial charge in [0.1, 0.15) is 5.52 Å². The molecule has 4 N–H and O–H groups in total. The van der Waals surface area contributed by atoms with Crippen LogP contribution < -0.4 is 16.7 Å². The van der Waals surface area contributed by atoms with Crippen molar-refractivity contribution in [3.05, 3.63) is 51.5 Å². The van der Waals surface area contributed by atoms with Crippen LogP contribution >= 0.6 is 11.6 Å². The van der Waals surface area contributed by atoms with Crippen LogP contribution in [-0.4, -0.2) is 32.6 Å². The Kier molecular flexibility index (Phi) is 4.59. The molecule has 3 rings (SSSR count).